The summed E-state index contributed by atoms with van der Waals surface area (Å²) in [5, 5.41) is 6.26. The zero-order chi connectivity index (χ0) is 9.84. The standard InChI is InChI=1S/C8H13N3O2/c1-5(9)3-10-8(12)7-4-13-11-6(7)2/h4-5H,3,9H2,1-2H3,(H,10,12). The number of hydrogen-bond acceptors (Lipinski definition) is 4. The van der Waals surface area contributed by atoms with E-state index in [2.05, 4.69) is 15.0 Å². The lowest BCUT2D eigenvalue weighted by molar-refractivity contribution is 0.0950. The van der Waals surface area contributed by atoms with Gasteiger partial charge in [0.05, 0.1) is 5.69 Å². The minimum Gasteiger partial charge on any atom is -0.364 e. The van der Waals surface area contributed by atoms with Gasteiger partial charge in [-0.15, -0.1) is 0 Å². The van der Waals surface area contributed by atoms with Crippen LogP contribution in [0.25, 0.3) is 0 Å². The number of rotatable bonds is 3. The third-order valence-electron chi connectivity index (χ3n) is 1.58. The number of aryl methyl sites for hydroxylation is 1. The second-order valence-electron chi connectivity index (χ2n) is 3.00. The molecular formula is C8H13N3O2. The number of hydrogen-bond donors (Lipinski definition) is 2. The minimum atomic E-state index is -0.198. The van der Waals surface area contributed by atoms with Crippen molar-refractivity contribution in [2.24, 2.45) is 5.73 Å². The molecule has 0 aliphatic carbocycles. The molecule has 0 bridgehead atoms. The zero-order valence-corrected chi connectivity index (χ0v) is 7.70. The number of carbonyl (C=O) groups is 1. The quantitative estimate of drug-likeness (QED) is 0.694. The predicted molar refractivity (Wildman–Crippen MR) is 47.2 cm³/mol. The van der Waals surface area contributed by atoms with Crippen LogP contribution in [0.4, 0.5) is 0 Å². The van der Waals surface area contributed by atoms with E-state index < -0.39 is 0 Å². The van der Waals surface area contributed by atoms with Crippen LogP contribution in [0, 0.1) is 6.92 Å². The van der Waals surface area contributed by atoms with Crippen LogP contribution in [-0.2, 0) is 0 Å². The fourth-order valence-electron chi connectivity index (χ4n) is 0.859. The van der Waals surface area contributed by atoms with Gasteiger partial charge >= 0.3 is 0 Å². The molecule has 0 aliphatic heterocycles. The van der Waals surface area contributed by atoms with Gasteiger partial charge in [-0.05, 0) is 13.8 Å². The van der Waals surface area contributed by atoms with Crippen molar-refractivity contribution in [3.63, 3.8) is 0 Å². The smallest absolute Gasteiger partial charge is 0.256 e. The highest BCUT2D eigenvalue weighted by Crippen LogP contribution is 2.03. The summed E-state index contributed by atoms with van der Waals surface area (Å²) in [5.41, 5.74) is 6.52. The third-order valence-corrected chi connectivity index (χ3v) is 1.58. The first-order valence-corrected chi connectivity index (χ1v) is 4.06. The molecule has 1 aromatic heterocycles. The molecule has 0 aromatic carbocycles. The first-order chi connectivity index (χ1) is 6.11. The molecule has 1 unspecified atom stereocenters. The number of carbonyl (C=O) groups excluding carboxylic acids is 1. The normalized spacial score (nSPS) is 12.5. The lowest BCUT2D eigenvalue weighted by Crippen LogP contribution is -2.35. The topological polar surface area (TPSA) is 81.2 Å². The van der Waals surface area contributed by atoms with E-state index in [0.29, 0.717) is 17.8 Å². The number of nitrogens with one attached hydrogen (secondary N) is 1. The zero-order valence-electron chi connectivity index (χ0n) is 7.70. The second kappa shape index (κ2) is 4.04. The average Bonchev–Trinajstić information content (AvgIpc) is 2.47. The van der Waals surface area contributed by atoms with Crippen LogP contribution in [0.5, 0.6) is 0 Å². The van der Waals surface area contributed by atoms with Gasteiger partial charge in [0.25, 0.3) is 5.91 Å². The Labute approximate surface area is 76.3 Å². The summed E-state index contributed by atoms with van der Waals surface area (Å²) in [7, 11) is 0. The van der Waals surface area contributed by atoms with Gasteiger partial charge in [-0.2, -0.15) is 0 Å². The molecule has 0 aliphatic rings. The summed E-state index contributed by atoms with van der Waals surface area (Å²) >= 11 is 0. The summed E-state index contributed by atoms with van der Waals surface area (Å²) in [6.07, 6.45) is 1.33. The van der Waals surface area contributed by atoms with E-state index in [1.54, 1.807) is 6.92 Å². The molecule has 1 atom stereocenters. The fraction of sp³-hybridized carbons (Fsp3) is 0.500. The largest absolute Gasteiger partial charge is 0.364 e. The highest BCUT2D eigenvalue weighted by atomic mass is 16.5. The lowest BCUT2D eigenvalue weighted by Gasteiger charge is -2.05. The Morgan fingerprint density at radius 1 is 1.85 bits per heavy atom. The maximum absolute atomic E-state index is 11.4. The van der Waals surface area contributed by atoms with Gasteiger partial charge < -0.3 is 15.6 Å². The molecular weight excluding hydrogens is 170 g/mol. The van der Waals surface area contributed by atoms with Crippen LogP contribution < -0.4 is 11.1 Å². The predicted octanol–water partition coefficient (Wildman–Crippen LogP) is 0.0600. The third kappa shape index (κ3) is 2.55. The molecule has 1 rings (SSSR count). The van der Waals surface area contributed by atoms with E-state index in [0.717, 1.165) is 0 Å². The van der Waals surface area contributed by atoms with E-state index in [-0.39, 0.29) is 11.9 Å². The molecule has 5 heteroatoms. The Hall–Kier alpha value is -1.36. The molecule has 0 spiro atoms. The maximum Gasteiger partial charge on any atom is 0.256 e. The van der Waals surface area contributed by atoms with Crippen LogP contribution in [0.1, 0.15) is 23.0 Å². The van der Waals surface area contributed by atoms with Crippen LogP contribution in [-0.4, -0.2) is 23.7 Å². The Morgan fingerprint density at radius 3 is 3.00 bits per heavy atom. The van der Waals surface area contributed by atoms with Gasteiger partial charge in [-0.3, -0.25) is 4.79 Å². The van der Waals surface area contributed by atoms with Crippen LogP contribution in [0.15, 0.2) is 10.8 Å². The molecule has 0 fully saturated rings. The van der Waals surface area contributed by atoms with Crippen molar-refractivity contribution in [1.29, 1.82) is 0 Å². The Balaban J connectivity index is 2.54. The Bertz CT molecular complexity index is 293. The summed E-state index contributed by atoms with van der Waals surface area (Å²) in [6.45, 7) is 3.98. The van der Waals surface area contributed by atoms with E-state index in [1.165, 1.54) is 6.26 Å². The Kier molecular flexibility index (Phi) is 3.02. The molecule has 1 amide bonds. The second-order valence-corrected chi connectivity index (χ2v) is 3.00. The number of nitrogens with zero attached hydrogens (tertiary/aromatic N) is 1. The van der Waals surface area contributed by atoms with Crippen molar-refractivity contribution in [1.82, 2.24) is 10.5 Å². The van der Waals surface area contributed by atoms with E-state index in [1.807, 2.05) is 6.92 Å². The van der Waals surface area contributed by atoms with Gasteiger partial charge in [0.1, 0.15) is 11.8 Å². The van der Waals surface area contributed by atoms with Gasteiger partial charge in [0, 0.05) is 12.6 Å². The van der Waals surface area contributed by atoms with E-state index in [9.17, 15) is 4.79 Å². The molecule has 72 valence electrons. The fourth-order valence-corrected chi connectivity index (χ4v) is 0.859. The highest BCUT2D eigenvalue weighted by molar-refractivity contribution is 5.94. The summed E-state index contributed by atoms with van der Waals surface area (Å²) < 4.78 is 4.63. The summed E-state index contributed by atoms with van der Waals surface area (Å²) in [5.74, 6) is -0.198. The van der Waals surface area contributed by atoms with Crippen LogP contribution in [0.3, 0.4) is 0 Å². The first-order valence-electron chi connectivity index (χ1n) is 4.06. The summed E-state index contributed by atoms with van der Waals surface area (Å²) in [6, 6.07) is -0.0517. The number of nitrogens with two attached hydrogens (primary N) is 1. The molecule has 0 saturated carbocycles. The maximum atomic E-state index is 11.4. The van der Waals surface area contributed by atoms with Crippen molar-refractivity contribution >= 4 is 5.91 Å². The summed E-state index contributed by atoms with van der Waals surface area (Å²) in [4.78, 5) is 11.4. The number of amides is 1. The van der Waals surface area contributed by atoms with Crippen LogP contribution in [0.2, 0.25) is 0 Å². The van der Waals surface area contributed by atoms with Gasteiger partial charge in [0.2, 0.25) is 0 Å². The highest BCUT2D eigenvalue weighted by Gasteiger charge is 2.11. The molecule has 3 N–H and O–H groups in total. The van der Waals surface area contributed by atoms with E-state index >= 15 is 0 Å². The van der Waals surface area contributed by atoms with Crippen molar-refractivity contribution in [2.75, 3.05) is 6.54 Å². The van der Waals surface area contributed by atoms with Crippen molar-refractivity contribution < 1.29 is 9.32 Å². The molecule has 1 heterocycles. The van der Waals surface area contributed by atoms with Crippen molar-refractivity contribution in [2.45, 2.75) is 19.9 Å². The number of aromatic nitrogens is 1. The SMILES string of the molecule is Cc1nocc1C(=O)NCC(C)N. The first kappa shape index (κ1) is 9.73. The minimum absolute atomic E-state index is 0.0517. The lowest BCUT2D eigenvalue weighted by atomic mass is 10.2. The van der Waals surface area contributed by atoms with Gasteiger partial charge in [-0.1, -0.05) is 5.16 Å². The molecule has 0 radical (unpaired) electrons. The molecule has 5 nitrogen and oxygen atoms in total. The molecule has 1 aromatic rings. The van der Waals surface area contributed by atoms with Crippen molar-refractivity contribution in [3.05, 3.63) is 17.5 Å². The van der Waals surface area contributed by atoms with E-state index in [4.69, 9.17) is 5.73 Å². The van der Waals surface area contributed by atoms with Crippen molar-refractivity contribution in [3.8, 4) is 0 Å². The van der Waals surface area contributed by atoms with Gasteiger partial charge in [-0.25, -0.2) is 0 Å². The molecule has 0 saturated heterocycles. The Morgan fingerprint density at radius 2 is 2.54 bits per heavy atom. The van der Waals surface area contributed by atoms with Gasteiger partial charge in [0.15, 0.2) is 0 Å². The monoisotopic (exact) mass is 183 g/mol. The molecule has 13 heavy (non-hydrogen) atoms. The van der Waals surface area contributed by atoms with Crippen LogP contribution >= 0.6 is 0 Å². The average molecular weight is 183 g/mol.